The second-order valence-electron chi connectivity index (χ2n) is 8.70. The molecule has 2 fully saturated rings. The average molecular weight is 436 g/mol. The number of hydrogen-bond donors (Lipinski definition) is 1. The second kappa shape index (κ2) is 9.12. The highest BCUT2D eigenvalue weighted by Gasteiger charge is 2.47. The van der Waals surface area contributed by atoms with E-state index in [-0.39, 0.29) is 30.9 Å². The van der Waals surface area contributed by atoms with Gasteiger partial charge in [-0.3, -0.25) is 14.4 Å². The third-order valence-corrected chi connectivity index (χ3v) is 6.11. The number of carbonyl (C=O) groups is 3. The van der Waals surface area contributed by atoms with Crippen molar-refractivity contribution in [2.24, 2.45) is 0 Å². The zero-order chi connectivity index (χ0) is 22.7. The summed E-state index contributed by atoms with van der Waals surface area (Å²) in [5, 5.41) is 2.74. The number of benzene rings is 2. The van der Waals surface area contributed by atoms with Crippen LogP contribution in [0.4, 0.5) is 0 Å². The van der Waals surface area contributed by atoms with Crippen LogP contribution in [0.25, 0.3) is 11.1 Å². The Balaban J connectivity index is 1.60. The minimum Gasteiger partial charge on any atom is -0.361 e. The van der Waals surface area contributed by atoms with E-state index in [1.807, 2.05) is 48.5 Å². The van der Waals surface area contributed by atoms with Gasteiger partial charge in [0.25, 0.3) is 5.91 Å². The maximum Gasteiger partial charge on any atom is 0.256 e. The summed E-state index contributed by atoms with van der Waals surface area (Å²) in [4.78, 5) is 41.1. The molecule has 2 aromatic rings. The van der Waals surface area contributed by atoms with E-state index in [9.17, 15) is 14.4 Å². The van der Waals surface area contributed by atoms with Gasteiger partial charge in [0.15, 0.2) is 5.60 Å². The molecular weight excluding hydrogens is 406 g/mol. The van der Waals surface area contributed by atoms with Crippen LogP contribution in [0, 0.1) is 0 Å². The number of nitrogens with zero attached hydrogens (tertiary/aromatic N) is 2. The molecule has 7 heteroatoms. The summed E-state index contributed by atoms with van der Waals surface area (Å²) in [6, 6.07) is 17.6. The molecule has 0 aliphatic carbocycles. The van der Waals surface area contributed by atoms with Crippen molar-refractivity contribution < 1.29 is 19.1 Å². The molecule has 0 bridgehead atoms. The maximum atomic E-state index is 13.3. The van der Waals surface area contributed by atoms with Gasteiger partial charge in [0.2, 0.25) is 11.8 Å². The van der Waals surface area contributed by atoms with E-state index in [4.69, 9.17) is 4.74 Å². The van der Waals surface area contributed by atoms with Gasteiger partial charge in [0.1, 0.15) is 6.04 Å². The predicted octanol–water partition coefficient (Wildman–Crippen LogP) is 1.86. The molecule has 2 aromatic carbocycles. The lowest BCUT2D eigenvalue weighted by Crippen LogP contribution is -2.63. The summed E-state index contributed by atoms with van der Waals surface area (Å²) < 4.78 is 6.13. The van der Waals surface area contributed by atoms with Gasteiger partial charge in [0.05, 0.1) is 13.2 Å². The molecule has 4 rings (SSSR count). The molecule has 0 spiro atoms. The molecule has 2 aliphatic rings. The number of likely N-dealkylation sites (N-methyl/N-ethyl adjacent to an activating group) is 1. The quantitative estimate of drug-likeness (QED) is 0.778. The van der Waals surface area contributed by atoms with Gasteiger partial charge in [-0.05, 0) is 23.1 Å². The molecule has 2 atom stereocenters. The molecular formula is C25H29N3O4. The Hall–Kier alpha value is -3.19. The van der Waals surface area contributed by atoms with E-state index >= 15 is 0 Å². The monoisotopic (exact) mass is 435 g/mol. The van der Waals surface area contributed by atoms with Crippen LogP contribution < -0.4 is 5.32 Å². The Morgan fingerprint density at radius 1 is 1.12 bits per heavy atom. The molecule has 2 aliphatic heterocycles. The first-order valence-electron chi connectivity index (χ1n) is 11.0. The molecule has 0 unspecified atom stereocenters. The lowest BCUT2D eigenvalue weighted by molar-refractivity contribution is -0.173. The number of rotatable bonds is 5. The van der Waals surface area contributed by atoms with Gasteiger partial charge in [0, 0.05) is 33.5 Å². The molecule has 1 N–H and O–H groups in total. The summed E-state index contributed by atoms with van der Waals surface area (Å²) in [5.41, 5.74) is 1.95. The molecule has 168 valence electrons. The Morgan fingerprint density at radius 2 is 1.88 bits per heavy atom. The second-order valence-corrected chi connectivity index (χ2v) is 8.70. The third-order valence-electron chi connectivity index (χ3n) is 6.11. The topological polar surface area (TPSA) is 79.0 Å². The van der Waals surface area contributed by atoms with Crippen molar-refractivity contribution in [2.75, 3.05) is 33.8 Å². The minimum atomic E-state index is -1.17. The number of ether oxygens (including phenoxy) is 1. The van der Waals surface area contributed by atoms with E-state index in [1.54, 1.807) is 19.0 Å². The fraction of sp³-hybridized carbons (Fsp3) is 0.400. The van der Waals surface area contributed by atoms with Crippen molar-refractivity contribution in [1.29, 1.82) is 0 Å². The van der Waals surface area contributed by atoms with Gasteiger partial charge in [-0.15, -0.1) is 0 Å². The summed E-state index contributed by atoms with van der Waals surface area (Å²) in [7, 11) is 3.40. The van der Waals surface area contributed by atoms with Gasteiger partial charge >= 0.3 is 0 Å². The van der Waals surface area contributed by atoms with Crippen molar-refractivity contribution in [3.05, 3.63) is 60.2 Å². The number of nitrogens with one attached hydrogen (secondary N) is 1. The van der Waals surface area contributed by atoms with Crippen molar-refractivity contribution in [3.8, 4) is 11.1 Å². The largest absolute Gasteiger partial charge is 0.361 e. The maximum absolute atomic E-state index is 13.3. The lowest BCUT2D eigenvalue weighted by atomic mass is 9.89. The van der Waals surface area contributed by atoms with E-state index < -0.39 is 11.6 Å². The summed E-state index contributed by atoms with van der Waals surface area (Å²) in [6.45, 7) is 0.826. The summed E-state index contributed by atoms with van der Waals surface area (Å²) >= 11 is 0. The van der Waals surface area contributed by atoms with Gasteiger partial charge < -0.3 is 19.9 Å². The zero-order valence-corrected chi connectivity index (χ0v) is 18.5. The first kappa shape index (κ1) is 22.0. The number of carbonyl (C=O) groups excluding carboxylic acids is 3. The number of morpholine rings is 1. The van der Waals surface area contributed by atoms with Crippen LogP contribution in [0.3, 0.4) is 0 Å². The van der Waals surface area contributed by atoms with Crippen LogP contribution in [-0.2, 0) is 25.5 Å². The lowest BCUT2D eigenvalue weighted by Gasteiger charge is -2.43. The van der Waals surface area contributed by atoms with Crippen LogP contribution in [0.15, 0.2) is 54.6 Å². The van der Waals surface area contributed by atoms with Crippen molar-refractivity contribution in [3.63, 3.8) is 0 Å². The molecule has 2 saturated heterocycles. The predicted molar refractivity (Wildman–Crippen MR) is 121 cm³/mol. The van der Waals surface area contributed by atoms with Crippen LogP contribution in [0.1, 0.15) is 18.4 Å². The molecule has 0 aromatic heterocycles. The number of hydrogen-bond acceptors (Lipinski definition) is 4. The van der Waals surface area contributed by atoms with Crippen molar-refractivity contribution in [1.82, 2.24) is 15.1 Å². The molecule has 3 amide bonds. The summed E-state index contributed by atoms with van der Waals surface area (Å²) in [6.07, 6.45) is 1.20. The highest BCUT2D eigenvalue weighted by atomic mass is 16.5. The Labute approximate surface area is 188 Å². The highest BCUT2D eigenvalue weighted by Crippen LogP contribution is 2.29. The molecule has 32 heavy (non-hydrogen) atoms. The van der Waals surface area contributed by atoms with Crippen molar-refractivity contribution in [2.45, 2.75) is 30.9 Å². The van der Waals surface area contributed by atoms with Crippen molar-refractivity contribution >= 4 is 17.7 Å². The van der Waals surface area contributed by atoms with Crippen LogP contribution in [0.2, 0.25) is 0 Å². The average Bonchev–Trinajstić information content (AvgIpc) is 3.25. The Bertz CT molecular complexity index is 1010. The van der Waals surface area contributed by atoms with Crippen LogP contribution in [0.5, 0.6) is 0 Å². The van der Waals surface area contributed by atoms with Crippen LogP contribution in [-0.4, -0.2) is 73.0 Å². The SMILES string of the molecule is CN(C)C(=O)[C@@]1(Cc2cccc(-c3ccccc3)c2)CN(C(=O)[C@H]2CCC(=O)N2)CCO1. The van der Waals surface area contributed by atoms with Gasteiger partial charge in [-0.2, -0.15) is 0 Å². The smallest absolute Gasteiger partial charge is 0.256 e. The summed E-state index contributed by atoms with van der Waals surface area (Å²) in [5.74, 6) is -0.423. The molecule has 0 saturated carbocycles. The highest BCUT2D eigenvalue weighted by molar-refractivity contribution is 5.92. The molecule has 0 radical (unpaired) electrons. The van der Waals surface area contributed by atoms with E-state index in [0.717, 1.165) is 16.7 Å². The van der Waals surface area contributed by atoms with E-state index in [1.165, 1.54) is 4.90 Å². The standard InChI is InChI=1S/C25H29N3O4/c1-27(2)24(31)25(16-18-7-6-10-20(15-18)19-8-4-3-5-9-19)17-28(13-14-32-25)23(30)21-11-12-22(29)26-21/h3-10,15,21H,11-14,16-17H2,1-2H3,(H,26,29)/t21-,25-/m1/s1. The zero-order valence-electron chi connectivity index (χ0n) is 18.5. The van der Waals surface area contributed by atoms with E-state index in [0.29, 0.717) is 25.8 Å². The first-order valence-corrected chi connectivity index (χ1v) is 11.0. The normalized spacial score (nSPS) is 23.0. The van der Waals surface area contributed by atoms with E-state index in [2.05, 4.69) is 11.4 Å². The Kier molecular flexibility index (Phi) is 6.28. The van der Waals surface area contributed by atoms with Crippen LogP contribution >= 0.6 is 0 Å². The fourth-order valence-corrected chi connectivity index (χ4v) is 4.53. The number of amides is 3. The van der Waals surface area contributed by atoms with Gasteiger partial charge in [-0.25, -0.2) is 0 Å². The molecule has 7 nitrogen and oxygen atoms in total. The molecule has 2 heterocycles. The van der Waals surface area contributed by atoms with Gasteiger partial charge in [-0.1, -0.05) is 54.6 Å². The minimum absolute atomic E-state index is 0.107. The fourth-order valence-electron chi connectivity index (χ4n) is 4.53. The third kappa shape index (κ3) is 4.53. The first-order chi connectivity index (χ1) is 15.4. The Morgan fingerprint density at radius 3 is 2.56 bits per heavy atom.